The Balaban J connectivity index is 1.43. The molecule has 0 spiro atoms. The Hall–Kier alpha value is -3.66. The molecule has 0 radical (unpaired) electrons. The van der Waals surface area contributed by atoms with Gasteiger partial charge in [0.1, 0.15) is 11.8 Å². The van der Waals surface area contributed by atoms with E-state index in [2.05, 4.69) is 10.4 Å². The number of nitrogens with one attached hydrogen (secondary N) is 1. The zero-order valence-corrected chi connectivity index (χ0v) is 17.2. The molecule has 4 amide bonds. The van der Waals surface area contributed by atoms with E-state index in [4.69, 9.17) is 5.73 Å². The second kappa shape index (κ2) is 8.60. The number of para-hydroxylation sites is 1. The Morgan fingerprint density at radius 3 is 2.42 bits per heavy atom. The Morgan fingerprint density at radius 1 is 1.10 bits per heavy atom. The van der Waals surface area contributed by atoms with E-state index in [0.717, 1.165) is 17.3 Å². The fraction of sp³-hybridized carbons (Fsp3) is 0.190. The van der Waals surface area contributed by atoms with Crippen LogP contribution in [-0.4, -0.2) is 45.4 Å². The first-order valence-electron chi connectivity index (χ1n) is 9.51. The average molecular weight is 437 g/mol. The van der Waals surface area contributed by atoms with Gasteiger partial charge in [-0.05, 0) is 29.8 Å². The van der Waals surface area contributed by atoms with Gasteiger partial charge in [-0.3, -0.25) is 29.1 Å². The summed E-state index contributed by atoms with van der Waals surface area (Å²) in [5.74, 6) is -1.04. The summed E-state index contributed by atoms with van der Waals surface area (Å²) in [5, 5.41) is 8.27. The second-order valence-corrected chi connectivity index (χ2v) is 7.96. The van der Waals surface area contributed by atoms with Crippen LogP contribution in [0.2, 0.25) is 0 Å². The largest absolute Gasteiger partial charge is 0.368 e. The molecule has 0 bridgehead atoms. The van der Waals surface area contributed by atoms with Crippen LogP contribution in [0.25, 0.3) is 0 Å². The molecule has 1 unspecified atom stereocenters. The number of carbonyl (C=O) groups is 4. The number of benzene rings is 2. The van der Waals surface area contributed by atoms with Gasteiger partial charge in [-0.2, -0.15) is 5.10 Å². The number of imide groups is 1. The third kappa shape index (κ3) is 4.43. The third-order valence-corrected chi connectivity index (χ3v) is 5.77. The van der Waals surface area contributed by atoms with E-state index in [-0.39, 0.29) is 35.6 Å². The molecule has 1 fully saturated rings. The van der Waals surface area contributed by atoms with Gasteiger partial charge in [0.05, 0.1) is 18.0 Å². The zero-order chi connectivity index (χ0) is 22.0. The van der Waals surface area contributed by atoms with Crippen molar-refractivity contribution in [2.24, 2.45) is 10.8 Å². The van der Waals surface area contributed by atoms with Crippen molar-refractivity contribution in [2.45, 2.75) is 19.0 Å². The first kappa shape index (κ1) is 20.6. The Morgan fingerprint density at radius 2 is 1.81 bits per heavy atom. The van der Waals surface area contributed by atoms with Gasteiger partial charge in [-0.15, -0.1) is 0 Å². The lowest BCUT2D eigenvalue weighted by atomic mass is 10.1. The predicted molar refractivity (Wildman–Crippen MR) is 117 cm³/mol. The van der Waals surface area contributed by atoms with Crippen LogP contribution >= 0.6 is 11.8 Å². The molecule has 4 rings (SSSR count). The maximum Gasteiger partial charge on any atom is 0.289 e. The number of thioether (sulfide) groups is 1. The molecule has 0 saturated carbocycles. The van der Waals surface area contributed by atoms with Crippen molar-refractivity contribution < 1.29 is 19.2 Å². The molecule has 2 aromatic carbocycles. The molecular weight excluding hydrogens is 418 g/mol. The molecule has 2 heterocycles. The van der Waals surface area contributed by atoms with E-state index in [1.54, 1.807) is 36.4 Å². The quantitative estimate of drug-likeness (QED) is 0.712. The van der Waals surface area contributed by atoms with E-state index in [9.17, 15) is 19.2 Å². The van der Waals surface area contributed by atoms with Crippen molar-refractivity contribution in [1.29, 1.82) is 0 Å². The SMILES string of the molecule is NC(=O)C1CC(C(=O)Nc2ccc(CN3C(=O)CSC3=O)cc2)=NN1c1ccccc1. The summed E-state index contributed by atoms with van der Waals surface area (Å²) in [6.07, 6.45) is 0.102. The van der Waals surface area contributed by atoms with Crippen molar-refractivity contribution in [3.05, 3.63) is 60.2 Å². The van der Waals surface area contributed by atoms with Gasteiger partial charge < -0.3 is 11.1 Å². The fourth-order valence-corrected chi connectivity index (χ4v) is 4.03. The van der Waals surface area contributed by atoms with E-state index >= 15 is 0 Å². The Kier molecular flexibility index (Phi) is 5.72. The van der Waals surface area contributed by atoms with Gasteiger partial charge in [0, 0.05) is 12.1 Å². The summed E-state index contributed by atoms with van der Waals surface area (Å²) < 4.78 is 0. The number of hydrogen-bond acceptors (Lipinski definition) is 7. The number of anilines is 2. The van der Waals surface area contributed by atoms with Crippen molar-refractivity contribution in [3.8, 4) is 0 Å². The lowest BCUT2D eigenvalue weighted by molar-refractivity contribution is -0.125. The first-order chi connectivity index (χ1) is 14.9. The molecule has 2 aliphatic heterocycles. The third-order valence-electron chi connectivity index (χ3n) is 4.91. The van der Waals surface area contributed by atoms with Gasteiger partial charge in [-0.25, -0.2) is 0 Å². The molecular formula is C21H19N5O4S. The van der Waals surface area contributed by atoms with Gasteiger partial charge in [0.15, 0.2) is 0 Å². The monoisotopic (exact) mass is 437 g/mol. The highest BCUT2D eigenvalue weighted by Gasteiger charge is 2.35. The highest BCUT2D eigenvalue weighted by Crippen LogP contribution is 2.25. The van der Waals surface area contributed by atoms with Gasteiger partial charge in [0.25, 0.3) is 11.1 Å². The zero-order valence-electron chi connectivity index (χ0n) is 16.4. The van der Waals surface area contributed by atoms with Crippen molar-refractivity contribution in [2.75, 3.05) is 16.1 Å². The molecule has 31 heavy (non-hydrogen) atoms. The highest BCUT2D eigenvalue weighted by atomic mass is 32.2. The fourth-order valence-electron chi connectivity index (χ4n) is 3.30. The number of primary amides is 1. The molecule has 2 aliphatic rings. The van der Waals surface area contributed by atoms with Crippen molar-refractivity contribution >= 4 is 51.8 Å². The van der Waals surface area contributed by atoms with Crippen LogP contribution in [0, 0.1) is 0 Å². The second-order valence-electron chi connectivity index (χ2n) is 7.03. The molecule has 2 aromatic rings. The number of carbonyl (C=O) groups excluding carboxylic acids is 4. The summed E-state index contributed by atoms with van der Waals surface area (Å²) in [6, 6.07) is 15.1. The maximum absolute atomic E-state index is 12.7. The standard InChI is InChI=1S/C21H19N5O4S/c22-19(28)17-10-16(24-26(17)15-4-2-1-3-5-15)20(29)23-14-8-6-13(7-9-14)11-25-18(27)12-31-21(25)30/h1-9,17H,10-12H2,(H2,22,28)(H,23,29). The van der Waals surface area contributed by atoms with Crippen LogP contribution in [0.3, 0.4) is 0 Å². The molecule has 1 saturated heterocycles. The Labute approximate surface area is 182 Å². The van der Waals surface area contributed by atoms with E-state index < -0.39 is 17.9 Å². The minimum atomic E-state index is -0.737. The Bertz CT molecular complexity index is 1050. The molecule has 10 heteroatoms. The van der Waals surface area contributed by atoms with Gasteiger partial charge in [-0.1, -0.05) is 42.1 Å². The highest BCUT2D eigenvalue weighted by molar-refractivity contribution is 8.14. The number of rotatable bonds is 6. The van der Waals surface area contributed by atoms with Gasteiger partial charge >= 0.3 is 0 Å². The smallest absolute Gasteiger partial charge is 0.289 e. The molecule has 3 N–H and O–H groups in total. The van der Waals surface area contributed by atoms with E-state index in [0.29, 0.717) is 11.4 Å². The van der Waals surface area contributed by atoms with Crippen LogP contribution in [0.4, 0.5) is 16.2 Å². The molecule has 0 aliphatic carbocycles. The lowest BCUT2D eigenvalue weighted by Gasteiger charge is -2.20. The lowest BCUT2D eigenvalue weighted by Crippen LogP contribution is -2.39. The summed E-state index contributed by atoms with van der Waals surface area (Å²) in [6.45, 7) is 0.192. The van der Waals surface area contributed by atoms with Gasteiger partial charge in [0.2, 0.25) is 11.8 Å². The summed E-state index contributed by atoms with van der Waals surface area (Å²) in [5.41, 5.74) is 7.66. The summed E-state index contributed by atoms with van der Waals surface area (Å²) >= 11 is 0.989. The number of hydrazone groups is 1. The predicted octanol–water partition coefficient (Wildman–Crippen LogP) is 1.94. The first-order valence-corrected chi connectivity index (χ1v) is 10.5. The summed E-state index contributed by atoms with van der Waals surface area (Å²) in [4.78, 5) is 49.2. The number of amides is 4. The van der Waals surface area contributed by atoms with Crippen LogP contribution in [0.5, 0.6) is 0 Å². The molecule has 0 aromatic heterocycles. The average Bonchev–Trinajstić information content (AvgIpc) is 3.35. The van der Waals surface area contributed by atoms with Crippen LogP contribution in [0.1, 0.15) is 12.0 Å². The van der Waals surface area contributed by atoms with E-state index in [1.165, 1.54) is 9.91 Å². The normalized spacial score (nSPS) is 18.3. The topological polar surface area (TPSA) is 125 Å². The minimum absolute atomic E-state index is 0.102. The van der Waals surface area contributed by atoms with Crippen molar-refractivity contribution in [3.63, 3.8) is 0 Å². The number of nitrogens with zero attached hydrogens (tertiary/aromatic N) is 3. The van der Waals surface area contributed by atoms with Crippen LogP contribution in [0.15, 0.2) is 59.7 Å². The minimum Gasteiger partial charge on any atom is -0.368 e. The molecule has 1 atom stereocenters. The van der Waals surface area contributed by atoms with Crippen molar-refractivity contribution in [1.82, 2.24) is 4.90 Å². The molecule has 9 nitrogen and oxygen atoms in total. The molecule has 158 valence electrons. The van der Waals surface area contributed by atoms with Crippen LogP contribution in [-0.2, 0) is 20.9 Å². The van der Waals surface area contributed by atoms with E-state index in [1.807, 2.05) is 18.2 Å². The summed E-state index contributed by atoms with van der Waals surface area (Å²) in [7, 11) is 0. The number of hydrogen-bond donors (Lipinski definition) is 2. The number of nitrogens with two attached hydrogens (primary N) is 1. The maximum atomic E-state index is 12.7. The van der Waals surface area contributed by atoms with Crippen LogP contribution < -0.4 is 16.1 Å².